The zero-order chi connectivity index (χ0) is 13.9. The Balaban J connectivity index is 1.93. The Labute approximate surface area is 121 Å². The highest BCUT2D eigenvalue weighted by molar-refractivity contribution is 4.72. The van der Waals surface area contributed by atoms with Crippen LogP contribution in [-0.2, 0) is 0 Å². The van der Waals surface area contributed by atoms with Gasteiger partial charge in [0.1, 0.15) is 0 Å². The van der Waals surface area contributed by atoms with Crippen molar-refractivity contribution in [1.29, 1.82) is 0 Å². The van der Waals surface area contributed by atoms with E-state index in [-0.39, 0.29) is 0 Å². The molecule has 0 bridgehead atoms. The van der Waals surface area contributed by atoms with Crippen molar-refractivity contribution in [2.75, 3.05) is 6.54 Å². The van der Waals surface area contributed by atoms with Crippen molar-refractivity contribution in [2.45, 2.75) is 97.4 Å². The molecule has 0 aliphatic heterocycles. The zero-order valence-corrected chi connectivity index (χ0v) is 13.7. The molecule has 1 rings (SSSR count). The fourth-order valence-corrected chi connectivity index (χ4v) is 3.51. The van der Waals surface area contributed by atoms with Crippen LogP contribution in [0, 0.1) is 11.8 Å². The van der Waals surface area contributed by atoms with Crippen LogP contribution in [0.4, 0.5) is 0 Å². The summed E-state index contributed by atoms with van der Waals surface area (Å²) in [6.07, 6.45) is 15.7. The molecule has 1 N–H and O–H groups in total. The third-order valence-electron chi connectivity index (χ3n) is 4.83. The first-order valence-electron chi connectivity index (χ1n) is 8.95. The summed E-state index contributed by atoms with van der Waals surface area (Å²) in [5.41, 5.74) is 0. The Morgan fingerprint density at radius 2 is 1.89 bits per heavy atom. The summed E-state index contributed by atoms with van der Waals surface area (Å²) in [7, 11) is 0. The lowest BCUT2D eigenvalue weighted by Gasteiger charge is -2.27. The molecular weight excluding hydrogens is 230 g/mol. The molecule has 1 heteroatoms. The average Bonchev–Trinajstić information content (AvgIpc) is 2.38. The van der Waals surface area contributed by atoms with Crippen LogP contribution in [0.15, 0.2) is 0 Å². The first-order chi connectivity index (χ1) is 9.22. The van der Waals surface area contributed by atoms with Gasteiger partial charge in [0, 0.05) is 6.04 Å². The number of rotatable bonds is 10. The quantitative estimate of drug-likeness (QED) is 0.512. The second kappa shape index (κ2) is 10.7. The lowest BCUT2D eigenvalue weighted by atomic mass is 9.81. The third-order valence-corrected chi connectivity index (χ3v) is 4.83. The number of nitrogens with one attached hydrogen (secondary N) is 1. The van der Waals surface area contributed by atoms with Crippen molar-refractivity contribution in [3.8, 4) is 0 Å². The van der Waals surface area contributed by atoms with Crippen LogP contribution in [0.25, 0.3) is 0 Å². The van der Waals surface area contributed by atoms with Crippen molar-refractivity contribution in [3.63, 3.8) is 0 Å². The molecule has 0 aromatic heterocycles. The van der Waals surface area contributed by atoms with Crippen molar-refractivity contribution in [2.24, 2.45) is 11.8 Å². The van der Waals surface area contributed by atoms with Crippen molar-refractivity contribution in [1.82, 2.24) is 5.32 Å². The molecule has 0 spiro atoms. The van der Waals surface area contributed by atoms with Crippen LogP contribution in [0.5, 0.6) is 0 Å². The monoisotopic (exact) mass is 267 g/mol. The van der Waals surface area contributed by atoms with E-state index in [0.29, 0.717) is 0 Å². The Morgan fingerprint density at radius 1 is 1.11 bits per heavy atom. The second-order valence-electron chi connectivity index (χ2n) is 6.98. The highest BCUT2D eigenvalue weighted by atomic mass is 14.9. The van der Waals surface area contributed by atoms with Gasteiger partial charge in [0.25, 0.3) is 0 Å². The van der Waals surface area contributed by atoms with E-state index < -0.39 is 0 Å². The molecule has 114 valence electrons. The predicted molar refractivity (Wildman–Crippen MR) is 86.6 cm³/mol. The SMILES string of the molecule is CCCCCCCC(C)NCCC1CCCC(C)C1. The maximum absolute atomic E-state index is 3.74. The lowest BCUT2D eigenvalue weighted by molar-refractivity contribution is 0.264. The van der Waals surface area contributed by atoms with Crippen LogP contribution in [-0.4, -0.2) is 12.6 Å². The summed E-state index contributed by atoms with van der Waals surface area (Å²) in [4.78, 5) is 0. The number of hydrogen-bond acceptors (Lipinski definition) is 1. The molecule has 3 unspecified atom stereocenters. The van der Waals surface area contributed by atoms with Crippen LogP contribution >= 0.6 is 0 Å². The van der Waals surface area contributed by atoms with Crippen molar-refractivity contribution >= 4 is 0 Å². The van der Waals surface area contributed by atoms with E-state index in [2.05, 4.69) is 26.1 Å². The third kappa shape index (κ3) is 8.68. The molecular formula is C18H37N. The van der Waals surface area contributed by atoms with Gasteiger partial charge in [-0.05, 0) is 44.6 Å². The van der Waals surface area contributed by atoms with Gasteiger partial charge in [0.05, 0.1) is 0 Å². The molecule has 1 aliphatic rings. The Bertz CT molecular complexity index is 202. The van der Waals surface area contributed by atoms with Crippen molar-refractivity contribution < 1.29 is 0 Å². The Morgan fingerprint density at radius 3 is 2.63 bits per heavy atom. The van der Waals surface area contributed by atoms with Crippen molar-refractivity contribution in [3.05, 3.63) is 0 Å². The zero-order valence-electron chi connectivity index (χ0n) is 13.7. The summed E-state index contributed by atoms with van der Waals surface area (Å²) < 4.78 is 0. The van der Waals surface area contributed by atoms with Gasteiger partial charge in [-0.3, -0.25) is 0 Å². The predicted octanol–water partition coefficient (Wildman–Crippen LogP) is 5.54. The summed E-state index contributed by atoms with van der Waals surface area (Å²) in [5.74, 6) is 1.99. The molecule has 1 aliphatic carbocycles. The molecule has 0 saturated heterocycles. The fraction of sp³-hybridized carbons (Fsp3) is 1.00. The van der Waals surface area contributed by atoms with Crippen LogP contribution < -0.4 is 5.32 Å². The molecule has 0 radical (unpaired) electrons. The van der Waals surface area contributed by atoms with E-state index in [0.717, 1.165) is 17.9 Å². The van der Waals surface area contributed by atoms with Crippen LogP contribution in [0.2, 0.25) is 0 Å². The highest BCUT2D eigenvalue weighted by Gasteiger charge is 2.18. The van der Waals surface area contributed by atoms with E-state index >= 15 is 0 Å². The van der Waals surface area contributed by atoms with E-state index in [1.54, 1.807) is 0 Å². The number of hydrogen-bond donors (Lipinski definition) is 1. The molecule has 0 amide bonds. The Hall–Kier alpha value is -0.0400. The van der Waals surface area contributed by atoms with Gasteiger partial charge in [-0.1, -0.05) is 65.2 Å². The second-order valence-corrected chi connectivity index (χ2v) is 6.98. The first kappa shape index (κ1) is 17.0. The fourth-order valence-electron chi connectivity index (χ4n) is 3.51. The normalized spacial score (nSPS) is 25.4. The minimum atomic E-state index is 0.725. The molecule has 1 nitrogen and oxygen atoms in total. The van der Waals surface area contributed by atoms with Gasteiger partial charge in [-0.15, -0.1) is 0 Å². The largest absolute Gasteiger partial charge is 0.314 e. The van der Waals surface area contributed by atoms with E-state index in [1.165, 1.54) is 77.2 Å². The maximum atomic E-state index is 3.74. The van der Waals surface area contributed by atoms with Gasteiger partial charge < -0.3 is 5.32 Å². The first-order valence-corrected chi connectivity index (χ1v) is 8.95. The van der Waals surface area contributed by atoms with Gasteiger partial charge in [-0.25, -0.2) is 0 Å². The summed E-state index contributed by atoms with van der Waals surface area (Å²) in [6, 6.07) is 0.725. The van der Waals surface area contributed by atoms with Gasteiger partial charge in [-0.2, -0.15) is 0 Å². The number of unbranched alkanes of at least 4 members (excludes halogenated alkanes) is 4. The summed E-state index contributed by atoms with van der Waals surface area (Å²) in [5, 5.41) is 3.74. The smallest absolute Gasteiger partial charge is 0.00387 e. The Kier molecular flexibility index (Phi) is 9.59. The van der Waals surface area contributed by atoms with Gasteiger partial charge in [0.2, 0.25) is 0 Å². The summed E-state index contributed by atoms with van der Waals surface area (Å²) >= 11 is 0. The minimum Gasteiger partial charge on any atom is -0.314 e. The topological polar surface area (TPSA) is 12.0 Å². The molecule has 1 saturated carbocycles. The highest BCUT2D eigenvalue weighted by Crippen LogP contribution is 2.30. The lowest BCUT2D eigenvalue weighted by Crippen LogP contribution is -2.29. The summed E-state index contributed by atoms with van der Waals surface area (Å²) in [6.45, 7) is 8.33. The van der Waals surface area contributed by atoms with Gasteiger partial charge >= 0.3 is 0 Å². The molecule has 0 heterocycles. The molecule has 0 aromatic carbocycles. The van der Waals surface area contributed by atoms with E-state index in [1.807, 2.05) is 0 Å². The van der Waals surface area contributed by atoms with Crippen LogP contribution in [0.3, 0.4) is 0 Å². The van der Waals surface area contributed by atoms with E-state index in [4.69, 9.17) is 0 Å². The minimum absolute atomic E-state index is 0.725. The average molecular weight is 268 g/mol. The van der Waals surface area contributed by atoms with Gasteiger partial charge in [0.15, 0.2) is 0 Å². The maximum Gasteiger partial charge on any atom is 0.00387 e. The molecule has 0 aromatic rings. The standard InChI is InChI=1S/C18H37N/c1-4-5-6-7-8-11-17(3)19-14-13-18-12-9-10-16(2)15-18/h16-19H,4-15H2,1-3H3. The molecule has 19 heavy (non-hydrogen) atoms. The van der Waals surface area contributed by atoms with Crippen LogP contribution in [0.1, 0.15) is 91.4 Å². The molecule has 1 fully saturated rings. The van der Waals surface area contributed by atoms with E-state index in [9.17, 15) is 0 Å². The molecule has 3 atom stereocenters.